The molecule has 2 unspecified atom stereocenters. The van der Waals surface area contributed by atoms with Gasteiger partial charge in [0, 0.05) is 24.2 Å². The molecule has 4 heteroatoms. The van der Waals surface area contributed by atoms with Crippen LogP contribution in [0, 0.1) is 11.8 Å². The normalized spacial score (nSPS) is 25.6. The monoisotopic (exact) mass is 179 g/mol. The van der Waals surface area contributed by atoms with Crippen LogP contribution < -0.4 is 5.32 Å². The Labute approximate surface area is 76.7 Å². The number of carbonyl (C=O) groups is 1. The van der Waals surface area contributed by atoms with E-state index in [9.17, 15) is 4.79 Å². The van der Waals surface area contributed by atoms with Crippen LogP contribution in [0.3, 0.4) is 0 Å². The van der Waals surface area contributed by atoms with Crippen molar-refractivity contribution in [2.75, 3.05) is 0 Å². The van der Waals surface area contributed by atoms with Crippen LogP contribution in [0.25, 0.3) is 0 Å². The summed E-state index contributed by atoms with van der Waals surface area (Å²) in [5, 5.41) is 9.38. The molecule has 1 aliphatic carbocycles. The molecule has 1 aliphatic rings. The summed E-state index contributed by atoms with van der Waals surface area (Å²) in [6.45, 7) is 2.68. The smallest absolute Gasteiger partial charge is 0.223 e. The summed E-state index contributed by atoms with van der Waals surface area (Å²) in [5.74, 6) is 1.00. The first kappa shape index (κ1) is 8.29. The summed E-state index contributed by atoms with van der Waals surface area (Å²) in [7, 11) is 0. The van der Waals surface area contributed by atoms with Crippen molar-refractivity contribution in [3.05, 3.63) is 18.0 Å². The van der Waals surface area contributed by atoms with Crippen LogP contribution in [-0.2, 0) is 11.3 Å². The summed E-state index contributed by atoms with van der Waals surface area (Å²) in [6.07, 6.45) is 4.55. The molecule has 1 aromatic rings. The molecule has 1 saturated carbocycles. The zero-order valence-electron chi connectivity index (χ0n) is 7.58. The SMILES string of the molecule is CC1CC1C(=O)NCc1cn[nH]c1. The standard InChI is InChI=1S/C9H13N3O/c1-6-2-8(6)9(13)10-3-7-4-11-12-5-7/h4-6,8H,2-3H2,1H3,(H,10,13)(H,11,12). The van der Waals surface area contributed by atoms with Crippen molar-refractivity contribution < 1.29 is 4.79 Å². The van der Waals surface area contributed by atoms with Crippen molar-refractivity contribution in [1.82, 2.24) is 15.5 Å². The van der Waals surface area contributed by atoms with E-state index in [1.807, 2.05) is 0 Å². The molecule has 0 spiro atoms. The van der Waals surface area contributed by atoms with Crippen molar-refractivity contribution in [3.8, 4) is 0 Å². The van der Waals surface area contributed by atoms with Crippen LogP contribution >= 0.6 is 0 Å². The molecule has 4 nitrogen and oxygen atoms in total. The van der Waals surface area contributed by atoms with E-state index in [4.69, 9.17) is 0 Å². The number of hydrogen-bond acceptors (Lipinski definition) is 2. The summed E-state index contributed by atoms with van der Waals surface area (Å²) in [4.78, 5) is 11.4. The predicted octanol–water partition coefficient (Wildman–Crippen LogP) is 0.682. The van der Waals surface area contributed by atoms with Gasteiger partial charge in [-0.3, -0.25) is 9.89 Å². The summed E-state index contributed by atoms with van der Waals surface area (Å²) < 4.78 is 0. The Balaban J connectivity index is 1.77. The largest absolute Gasteiger partial charge is 0.352 e. The lowest BCUT2D eigenvalue weighted by atomic mass is 10.3. The maximum atomic E-state index is 11.4. The number of nitrogens with one attached hydrogen (secondary N) is 2. The minimum Gasteiger partial charge on any atom is -0.352 e. The van der Waals surface area contributed by atoms with Gasteiger partial charge in [-0.1, -0.05) is 6.92 Å². The first-order valence-electron chi connectivity index (χ1n) is 4.52. The van der Waals surface area contributed by atoms with E-state index >= 15 is 0 Å². The van der Waals surface area contributed by atoms with Gasteiger partial charge in [-0.05, 0) is 12.3 Å². The number of nitrogens with zero attached hydrogens (tertiary/aromatic N) is 1. The van der Waals surface area contributed by atoms with Gasteiger partial charge < -0.3 is 5.32 Å². The molecule has 1 heterocycles. The molecule has 0 bridgehead atoms. The third kappa shape index (κ3) is 1.88. The number of rotatable bonds is 3. The average molecular weight is 179 g/mol. The third-order valence-corrected chi connectivity index (χ3v) is 2.47. The molecule has 70 valence electrons. The predicted molar refractivity (Wildman–Crippen MR) is 47.7 cm³/mol. The fourth-order valence-electron chi connectivity index (χ4n) is 1.38. The summed E-state index contributed by atoms with van der Waals surface area (Å²) in [6, 6.07) is 0. The van der Waals surface area contributed by atoms with Crippen LogP contribution in [0.5, 0.6) is 0 Å². The maximum absolute atomic E-state index is 11.4. The van der Waals surface area contributed by atoms with Crippen LogP contribution in [0.2, 0.25) is 0 Å². The third-order valence-electron chi connectivity index (χ3n) is 2.47. The van der Waals surface area contributed by atoms with Crippen molar-refractivity contribution in [1.29, 1.82) is 0 Å². The zero-order chi connectivity index (χ0) is 9.26. The Hall–Kier alpha value is -1.32. The van der Waals surface area contributed by atoms with E-state index in [1.54, 1.807) is 12.4 Å². The number of aromatic nitrogens is 2. The Kier molecular flexibility index (Phi) is 2.04. The Morgan fingerprint density at radius 3 is 3.15 bits per heavy atom. The second kappa shape index (κ2) is 3.20. The minimum absolute atomic E-state index is 0.175. The molecule has 1 fully saturated rings. The molecule has 0 radical (unpaired) electrons. The Morgan fingerprint density at radius 1 is 1.85 bits per heavy atom. The van der Waals surface area contributed by atoms with Crippen molar-refractivity contribution in [2.45, 2.75) is 19.9 Å². The highest BCUT2D eigenvalue weighted by Gasteiger charge is 2.38. The second-order valence-corrected chi connectivity index (χ2v) is 3.64. The molecule has 2 atom stereocenters. The highest BCUT2D eigenvalue weighted by molar-refractivity contribution is 5.81. The highest BCUT2D eigenvalue weighted by Crippen LogP contribution is 2.37. The van der Waals surface area contributed by atoms with Crippen LogP contribution in [0.15, 0.2) is 12.4 Å². The minimum atomic E-state index is 0.175. The first-order valence-corrected chi connectivity index (χ1v) is 4.52. The number of H-pyrrole nitrogens is 1. The van der Waals surface area contributed by atoms with E-state index in [1.165, 1.54) is 0 Å². The van der Waals surface area contributed by atoms with Crippen LogP contribution in [0.1, 0.15) is 18.9 Å². The lowest BCUT2D eigenvalue weighted by Crippen LogP contribution is -2.24. The van der Waals surface area contributed by atoms with Gasteiger partial charge >= 0.3 is 0 Å². The molecule has 0 aromatic carbocycles. The van der Waals surface area contributed by atoms with Crippen molar-refractivity contribution in [2.24, 2.45) is 11.8 Å². The van der Waals surface area contributed by atoms with Crippen LogP contribution in [0.4, 0.5) is 0 Å². The molecular formula is C9H13N3O. The van der Waals surface area contributed by atoms with Crippen LogP contribution in [-0.4, -0.2) is 16.1 Å². The van der Waals surface area contributed by atoms with E-state index in [0.29, 0.717) is 12.5 Å². The van der Waals surface area contributed by atoms with Gasteiger partial charge in [0.05, 0.1) is 6.20 Å². The first-order chi connectivity index (χ1) is 6.27. The zero-order valence-corrected chi connectivity index (χ0v) is 7.58. The highest BCUT2D eigenvalue weighted by atomic mass is 16.2. The Bertz CT molecular complexity index is 294. The van der Waals surface area contributed by atoms with Gasteiger partial charge in [-0.25, -0.2) is 0 Å². The van der Waals surface area contributed by atoms with E-state index < -0.39 is 0 Å². The maximum Gasteiger partial charge on any atom is 0.223 e. The quantitative estimate of drug-likeness (QED) is 0.717. The van der Waals surface area contributed by atoms with Crippen molar-refractivity contribution in [3.63, 3.8) is 0 Å². The molecule has 13 heavy (non-hydrogen) atoms. The Morgan fingerprint density at radius 2 is 2.62 bits per heavy atom. The molecule has 2 N–H and O–H groups in total. The number of aromatic amines is 1. The fourth-order valence-corrected chi connectivity index (χ4v) is 1.38. The van der Waals surface area contributed by atoms with Crippen molar-refractivity contribution >= 4 is 5.91 Å². The van der Waals surface area contributed by atoms with E-state index in [-0.39, 0.29) is 11.8 Å². The lowest BCUT2D eigenvalue weighted by Gasteiger charge is -2.00. The number of amides is 1. The molecule has 0 saturated heterocycles. The van der Waals surface area contributed by atoms with Gasteiger partial charge in [0.15, 0.2) is 0 Å². The van der Waals surface area contributed by atoms with Gasteiger partial charge in [-0.15, -0.1) is 0 Å². The topological polar surface area (TPSA) is 57.8 Å². The molecule has 2 rings (SSSR count). The molecule has 0 aliphatic heterocycles. The lowest BCUT2D eigenvalue weighted by molar-refractivity contribution is -0.122. The van der Waals surface area contributed by atoms with Gasteiger partial charge in [-0.2, -0.15) is 5.10 Å². The summed E-state index contributed by atoms with van der Waals surface area (Å²) in [5.41, 5.74) is 1.02. The number of carbonyl (C=O) groups excluding carboxylic acids is 1. The molecule has 1 aromatic heterocycles. The molecular weight excluding hydrogens is 166 g/mol. The second-order valence-electron chi connectivity index (χ2n) is 3.64. The van der Waals surface area contributed by atoms with E-state index in [0.717, 1.165) is 12.0 Å². The number of hydrogen-bond donors (Lipinski definition) is 2. The molecule has 1 amide bonds. The van der Waals surface area contributed by atoms with E-state index in [2.05, 4.69) is 22.4 Å². The fraction of sp³-hybridized carbons (Fsp3) is 0.556. The van der Waals surface area contributed by atoms with Gasteiger partial charge in [0.25, 0.3) is 0 Å². The van der Waals surface area contributed by atoms with Gasteiger partial charge in [0.1, 0.15) is 0 Å². The average Bonchev–Trinajstić information content (AvgIpc) is 2.68. The summed E-state index contributed by atoms with van der Waals surface area (Å²) >= 11 is 0. The van der Waals surface area contributed by atoms with Gasteiger partial charge in [0.2, 0.25) is 5.91 Å².